The number of carboxylic acids is 1. The molecule has 0 fully saturated rings. The minimum atomic E-state index is -1.51. The summed E-state index contributed by atoms with van der Waals surface area (Å²) in [4.78, 5) is 37.2. The molecule has 0 saturated heterocycles. The minimum Gasteiger partial charge on any atom is -0.477 e. The molecule has 348 valence electrons. The monoisotopic (exact) mass is 839 g/mol. The Morgan fingerprint density at radius 1 is 0.492 bits per heavy atom. The summed E-state index contributed by atoms with van der Waals surface area (Å²) in [5, 5.41) is 9.65. The Kier molecular flexibility index (Phi) is 41.3. The maximum absolute atomic E-state index is 12.8. The fourth-order valence-corrected chi connectivity index (χ4v) is 7.13. The molecule has 0 amide bonds. The molecule has 2 unspecified atom stereocenters. The van der Waals surface area contributed by atoms with Crippen molar-refractivity contribution < 1.29 is 42.9 Å². The van der Waals surface area contributed by atoms with Crippen LogP contribution in [0.25, 0.3) is 0 Å². The van der Waals surface area contributed by atoms with Crippen molar-refractivity contribution in [2.75, 3.05) is 47.5 Å². The van der Waals surface area contributed by atoms with Crippen LogP contribution in [0.2, 0.25) is 0 Å². The van der Waals surface area contributed by atoms with Crippen LogP contribution in [0, 0.1) is 0 Å². The van der Waals surface area contributed by atoms with Gasteiger partial charge in [-0.1, -0.05) is 193 Å². The highest BCUT2D eigenvalue weighted by atomic mass is 16.7. The van der Waals surface area contributed by atoms with Crippen LogP contribution in [0.4, 0.5) is 0 Å². The summed E-state index contributed by atoms with van der Waals surface area (Å²) < 4.78 is 22.8. The number of carboxylic acid groups (broad SMARTS) is 1. The maximum Gasteiger partial charge on any atom is 0.361 e. The number of hydrogen-bond acceptors (Lipinski definition) is 7. The molecule has 0 aromatic carbocycles. The Morgan fingerprint density at radius 3 is 1.27 bits per heavy atom. The molecule has 0 saturated carbocycles. The quantitative estimate of drug-likeness (QED) is 0.0212. The van der Waals surface area contributed by atoms with Crippen LogP contribution in [0.5, 0.6) is 0 Å². The van der Waals surface area contributed by atoms with E-state index < -0.39 is 24.3 Å². The van der Waals surface area contributed by atoms with Gasteiger partial charge < -0.3 is 28.5 Å². The summed E-state index contributed by atoms with van der Waals surface area (Å²) in [6, 6.07) is 0. The van der Waals surface area contributed by atoms with E-state index in [9.17, 15) is 19.5 Å². The fraction of sp³-hybridized carbons (Fsp3) is 0.900. The second-order valence-electron chi connectivity index (χ2n) is 18.1. The molecule has 0 radical (unpaired) electrons. The second kappa shape index (κ2) is 42.7. The first-order valence-electron chi connectivity index (χ1n) is 24.9. The molecular weight excluding hydrogens is 743 g/mol. The van der Waals surface area contributed by atoms with Crippen LogP contribution >= 0.6 is 0 Å². The molecule has 2 atom stereocenters. The highest BCUT2D eigenvalue weighted by molar-refractivity contribution is 5.71. The van der Waals surface area contributed by atoms with E-state index in [1.54, 1.807) is 0 Å². The first-order chi connectivity index (χ1) is 28.6. The predicted octanol–water partition coefficient (Wildman–Crippen LogP) is 13.5. The lowest BCUT2D eigenvalue weighted by molar-refractivity contribution is -0.870. The van der Waals surface area contributed by atoms with Crippen molar-refractivity contribution in [3.63, 3.8) is 0 Å². The van der Waals surface area contributed by atoms with Gasteiger partial charge in [-0.25, -0.2) is 4.79 Å². The second-order valence-corrected chi connectivity index (χ2v) is 18.1. The van der Waals surface area contributed by atoms with Crippen molar-refractivity contribution in [2.24, 2.45) is 0 Å². The zero-order valence-electron chi connectivity index (χ0n) is 39.4. The number of unbranched alkanes of at least 4 members (excludes halogenated alkanes) is 29. The molecule has 0 bridgehead atoms. The fourth-order valence-electron chi connectivity index (χ4n) is 7.13. The van der Waals surface area contributed by atoms with Crippen LogP contribution in [-0.4, -0.2) is 87.4 Å². The van der Waals surface area contributed by atoms with Crippen molar-refractivity contribution >= 4 is 17.9 Å². The number of aliphatic carboxylic acids is 1. The number of esters is 2. The van der Waals surface area contributed by atoms with Crippen molar-refractivity contribution in [1.82, 2.24) is 0 Å². The van der Waals surface area contributed by atoms with Crippen molar-refractivity contribution in [2.45, 2.75) is 245 Å². The topological polar surface area (TPSA) is 108 Å². The first kappa shape index (κ1) is 57.0. The lowest BCUT2D eigenvalue weighted by atomic mass is 10.0. The first-order valence-corrected chi connectivity index (χ1v) is 24.9. The Labute approximate surface area is 364 Å². The van der Waals surface area contributed by atoms with Gasteiger partial charge in [-0.15, -0.1) is 0 Å². The molecule has 0 aliphatic carbocycles. The number of nitrogens with zero attached hydrogens (tertiary/aromatic N) is 1. The van der Waals surface area contributed by atoms with Crippen LogP contribution in [0.1, 0.15) is 232 Å². The SMILES string of the molecule is CCCCCC/C=C\CCCCCCCC(=O)OC(COC(=O)CCCCCCCCCCCCCCCCCCCCCCC)COC(OCC[N+](C)(C)C)C(=O)O. The van der Waals surface area contributed by atoms with Gasteiger partial charge in [0.1, 0.15) is 13.2 Å². The highest BCUT2D eigenvalue weighted by Gasteiger charge is 2.25. The molecule has 9 nitrogen and oxygen atoms in total. The zero-order chi connectivity index (χ0) is 43.5. The van der Waals surface area contributed by atoms with Gasteiger partial charge in [0.25, 0.3) is 6.29 Å². The molecule has 0 rings (SSSR count). The van der Waals surface area contributed by atoms with E-state index in [0.29, 0.717) is 23.9 Å². The van der Waals surface area contributed by atoms with E-state index in [4.69, 9.17) is 18.9 Å². The Bertz CT molecular complexity index is 980. The third-order valence-corrected chi connectivity index (χ3v) is 11.0. The minimum absolute atomic E-state index is 0.179. The van der Waals surface area contributed by atoms with Gasteiger partial charge in [-0.05, 0) is 38.5 Å². The summed E-state index contributed by atoms with van der Waals surface area (Å²) in [5.74, 6) is -2.00. The smallest absolute Gasteiger partial charge is 0.361 e. The predicted molar refractivity (Wildman–Crippen MR) is 245 cm³/mol. The van der Waals surface area contributed by atoms with Gasteiger partial charge in [-0.2, -0.15) is 0 Å². The van der Waals surface area contributed by atoms with E-state index in [1.807, 2.05) is 21.1 Å². The number of carbonyl (C=O) groups is 3. The van der Waals surface area contributed by atoms with Gasteiger partial charge in [0, 0.05) is 12.8 Å². The van der Waals surface area contributed by atoms with Crippen molar-refractivity contribution in [1.29, 1.82) is 0 Å². The molecule has 0 aliphatic heterocycles. The number of allylic oxidation sites excluding steroid dienone is 2. The van der Waals surface area contributed by atoms with Crippen LogP contribution in [0.15, 0.2) is 12.2 Å². The number of quaternary nitrogens is 1. The van der Waals surface area contributed by atoms with Gasteiger partial charge in [-0.3, -0.25) is 9.59 Å². The molecule has 0 aromatic heterocycles. The van der Waals surface area contributed by atoms with E-state index in [0.717, 1.165) is 51.4 Å². The van der Waals surface area contributed by atoms with Crippen LogP contribution in [-0.2, 0) is 33.3 Å². The van der Waals surface area contributed by atoms with Gasteiger partial charge in [0.2, 0.25) is 0 Å². The Balaban J connectivity index is 4.28. The van der Waals surface area contributed by atoms with E-state index in [2.05, 4.69) is 26.0 Å². The number of ether oxygens (including phenoxy) is 4. The Morgan fingerprint density at radius 2 is 0.864 bits per heavy atom. The van der Waals surface area contributed by atoms with Crippen molar-refractivity contribution in [3.05, 3.63) is 12.2 Å². The summed E-state index contributed by atoms with van der Waals surface area (Å²) in [6.45, 7) is 4.88. The normalized spacial score (nSPS) is 12.9. The number of rotatable bonds is 46. The summed E-state index contributed by atoms with van der Waals surface area (Å²) in [6.07, 6.45) is 42.8. The highest BCUT2D eigenvalue weighted by Crippen LogP contribution is 2.16. The third kappa shape index (κ3) is 43.9. The van der Waals surface area contributed by atoms with Gasteiger partial charge >= 0.3 is 17.9 Å². The van der Waals surface area contributed by atoms with Crippen molar-refractivity contribution in [3.8, 4) is 0 Å². The van der Waals surface area contributed by atoms with Gasteiger partial charge in [0.05, 0.1) is 34.4 Å². The Hall–Kier alpha value is -1.97. The molecule has 0 aliphatic rings. The maximum atomic E-state index is 12.8. The van der Waals surface area contributed by atoms with Gasteiger partial charge in [0.15, 0.2) is 6.10 Å². The number of likely N-dealkylation sites (N-methyl/N-ethyl adjacent to an activating group) is 1. The molecule has 0 aromatic rings. The lowest BCUT2D eigenvalue weighted by Crippen LogP contribution is -2.40. The molecular formula is C50H96NO8+. The standard InChI is InChI=1S/C50H95NO8/c1-6-8-10-12-14-16-18-20-21-22-23-24-25-26-27-29-30-32-34-36-38-40-47(52)57-44-46(45-58-50(49(54)55)56-43-42-51(3,4)5)59-48(53)41-39-37-35-33-31-28-19-17-15-13-11-9-7-2/h17,19,46,50H,6-16,18,20-45H2,1-5H3/p+1/b19-17-. The largest absolute Gasteiger partial charge is 0.477 e. The van der Waals surface area contributed by atoms with E-state index in [1.165, 1.54) is 148 Å². The van der Waals surface area contributed by atoms with Crippen LogP contribution < -0.4 is 0 Å². The lowest BCUT2D eigenvalue weighted by Gasteiger charge is -2.25. The molecule has 9 heteroatoms. The average molecular weight is 839 g/mol. The summed E-state index contributed by atoms with van der Waals surface area (Å²) in [5.41, 5.74) is 0. The van der Waals surface area contributed by atoms with E-state index in [-0.39, 0.29) is 32.2 Å². The third-order valence-electron chi connectivity index (χ3n) is 11.0. The molecule has 1 N–H and O–H groups in total. The number of carbonyl (C=O) groups excluding carboxylic acids is 2. The summed E-state index contributed by atoms with van der Waals surface area (Å²) >= 11 is 0. The molecule has 0 heterocycles. The molecule has 0 spiro atoms. The molecule has 59 heavy (non-hydrogen) atoms. The van der Waals surface area contributed by atoms with Crippen LogP contribution in [0.3, 0.4) is 0 Å². The zero-order valence-corrected chi connectivity index (χ0v) is 39.4. The number of hydrogen-bond donors (Lipinski definition) is 1. The van der Waals surface area contributed by atoms with E-state index >= 15 is 0 Å². The average Bonchev–Trinajstić information content (AvgIpc) is 3.19. The summed E-state index contributed by atoms with van der Waals surface area (Å²) in [7, 11) is 5.96.